The van der Waals surface area contributed by atoms with Crippen LogP contribution in [-0.2, 0) is 9.59 Å². The lowest BCUT2D eigenvalue weighted by Gasteiger charge is -2.13. The van der Waals surface area contributed by atoms with Crippen molar-refractivity contribution >= 4 is 40.3 Å². The molecular weight excluding hydrogens is 427 g/mol. The molecule has 7 nitrogen and oxygen atoms in total. The van der Waals surface area contributed by atoms with Gasteiger partial charge in [0, 0.05) is 28.2 Å². The van der Waals surface area contributed by atoms with Crippen molar-refractivity contribution in [3.05, 3.63) is 64.1 Å². The molecule has 0 aliphatic carbocycles. The van der Waals surface area contributed by atoms with E-state index in [4.69, 9.17) is 16.7 Å². The zero-order chi connectivity index (χ0) is 22.9. The molecule has 162 valence electrons. The Hall–Kier alpha value is -3.39. The quantitative estimate of drug-likeness (QED) is 0.533. The van der Waals surface area contributed by atoms with Crippen molar-refractivity contribution < 1.29 is 29.0 Å². The van der Waals surface area contributed by atoms with Crippen LogP contribution in [0, 0.1) is 12.7 Å². The van der Waals surface area contributed by atoms with Crippen LogP contribution in [0.25, 0.3) is 10.9 Å². The summed E-state index contributed by atoms with van der Waals surface area (Å²) in [6, 6.07) is 8.74. The van der Waals surface area contributed by atoms with E-state index in [1.54, 1.807) is 19.1 Å². The second kappa shape index (κ2) is 8.77. The van der Waals surface area contributed by atoms with Gasteiger partial charge in [0.2, 0.25) is 5.91 Å². The van der Waals surface area contributed by atoms with E-state index < -0.39 is 35.3 Å². The highest BCUT2D eigenvalue weighted by molar-refractivity contribution is 6.30. The number of halogens is 2. The first-order valence-electron chi connectivity index (χ1n) is 9.45. The average Bonchev–Trinajstić information content (AvgIpc) is 3.02. The Morgan fingerprint density at radius 1 is 1.16 bits per heavy atom. The normalized spacial score (nSPS) is 12.0. The van der Waals surface area contributed by atoms with Crippen LogP contribution in [0.15, 0.2) is 36.4 Å². The zero-order valence-corrected chi connectivity index (χ0v) is 17.5. The van der Waals surface area contributed by atoms with E-state index in [0.717, 1.165) is 6.07 Å². The van der Waals surface area contributed by atoms with E-state index in [2.05, 4.69) is 5.32 Å². The van der Waals surface area contributed by atoms with Gasteiger partial charge < -0.3 is 15.5 Å². The van der Waals surface area contributed by atoms with Crippen molar-refractivity contribution in [1.29, 1.82) is 0 Å². The van der Waals surface area contributed by atoms with Crippen LogP contribution in [0.1, 0.15) is 40.9 Å². The fourth-order valence-corrected chi connectivity index (χ4v) is 3.70. The SMILES string of the molecule is Cc1c(C(C)C(=O)NCCC(=O)O)c2c(F)c(O)ccc2n1C(=O)c1ccc(Cl)cc1. The molecule has 0 bridgehead atoms. The molecule has 0 saturated heterocycles. The summed E-state index contributed by atoms with van der Waals surface area (Å²) in [6.07, 6.45) is -0.261. The molecule has 3 rings (SSSR count). The summed E-state index contributed by atoms with van der Waals surface area (Å²) in [5, 5.41) is 21.6. The predicted octanol–water partition coefficient (Wildman–Crippen LogP) is 3.83. The number of carboxylic acids is 1. The number of hydrogen-bond acceptors (Lipinski definition) is 4. The van der Waals surface area contributed by atoms with E-state index in [0.29, 0.717) is 16.3 Å². The van der Waals surface area contributed by atoms with E-state index in [1.165, 1.54) is 29.7 Å². The lowest BCUT2D eigenvalue weighted by atomic mass is 9.96. The van der Waals surface area contributed by atoms with Gasteiger partial charge in [-0.05, 0) is 55.8 Å². The number of hydrogen-bond donors (Lipinski definition) is 3. The molecule has 1 aromatic heterocycles. The van der Waals surface area contributed by atoms with Gasteiger partial charge in [-0.25, -0.2) is 4.39 Å². The lowest BCUT2D eigenvalue weighted by molar-refractivity contribution is -0.136. The molecule has 0 aliphatic heterocycles. The Labute approximate surface area is 182 Å². The molecule has 1 amide bonds. The Bertz CT molecular complexity index is 1190. The molecule has 1 atom stereocenters. The zero-order valence-electron chi connectivity index (χ0n) is 16.8. The highest BCUT2D eigenvalue weighted by Crippen LogP contribution is 2.37. The van der Waals surface area contributed by atoms with Gasteiger partial charge in [0.1, 0.15) is 0 Å². The summed E-state index contributed by atoms with van der Waals surface area (Å²) in [7, 11) is 0. The number of amides is 1. The number of carboxylic acid groups (broad SMARTS) is 1. The summed E-state index contributed by atoms with van der Waals surface area (Å²) in [5.74, 6) is -4.50. The fourth-order valence-electron chi connectivity index (χ4n) is 3.57. The molecule has 0 fully saturated rings. The first-order valence-corrected chi connectivity index (χ1v) is 9.83. The van der Waals surface area contributed by atoms with Crippen LogP contribution in [0.3, 0.4) is 0 Å². The second-order valence-electron chi connectivity index (χ2n) is 7.10. The van der Waals surface area contributed by atoms with Crippen molar-refractivity contribution in [2.24, 2.45) is 0 Å². The molecule has 3 aromatic rings. The van der Waals surface area contributed by atoms with E-state index in [1.807, 2.05) is 0 Å². The third-order valence-electron chi connectivity index (χ3n) is 5.09. The van der Waals surface area contributed by atoms with Gasteiger partial charge in [0.25, 0.3) is 5.91 Å². The number of nitrogens with zero attached hydrogens (tertiary/aromatic N) is 1. The third-order valence-corrected chi connectivity index (χ3v) is 5.35. The summed E-state index contributed by atoms with van der Waals surface area (Å²) in [5.41, 5.74) is 1.08. The number of aliphatic carboxylic acids is 1. The number of carbonyl (C=O) groups excluding carboxylic acids is 2. The summed E-state index contributed by atoms with van der Waals surface area (Å²) in [4.78, 5) is 36.5. The molecule has 0 aliphatic rings. The van der Waals surface area contributed by atoms with Crippen LogP contribution < -0.4 is 5.32 Å². The predicted molar refractivity (Wildman–Crippen MR) is 113 cm³/mol. The summed E-state index contributed by atoms with van der Waals surface area (Å²) in [6.45, 7) is 3.02. The molecular formula is C22H20ClFN2O5. The summed E-state index contributed by atoms with van der Waals surface area (Å²) < 4.78 is 16.2. The van der Waals surface area contributed by atoms with Crippen molar-refractivity contribution in [2.75, 3.05) is 6.54 Å². The molecule has 1 heterocycles. The van der Waals surface area contributed by atoms with Gasteiger partial charge in [0.05, 0.1) is 17.9 Å². The Kier molecular flexibility index (Phi) is 6.31. The van der Waals surface area contributed by atoms with Crippen molar-refractivity contribution in [3.63, 3.8) is 0 Å². The molecule has 9 heteroatoms. The highest BCUT2D eigenvalue weighted by Gasteiger charge is 2.29. The maximum absolute atomic E-state index is 15.0. The van der Waals surface area contributed by atoms with Gasteiger partial charge in [-0.3, -0.25) is 19.0 Å². The van der Waals surface area contributed by atoms with Gasteiger partial charge in [-0.1, -0.05) is 11.6 Å². The molecule has 0 saturated carbocycles. The van der Waals surface area contributed by atoms with Crippen molar-refractivity contribution in [2.45, 2.75) is 26.2 Å². The molecule has 1 unspecified atom stereocenters. The molecule has 0 spiro atoms. The number of aromatic nitrogens is 1. The number of carbonyl (C=O) groups is 3. The summed E-state index contributed by atoms with van der Waals surface area (Å²) >= 11 is 5.89. The van der Waals surface area contributed by atoms with Crippen LogP contribution in [0.5, 0.6) is 5.75 Å². The Morgan fingerprint density at radius 2 is 1.81 bits per heavy atom. The van der Waals surface area contributed by atoms with E-state index in [9.17, 15) is 23.9 Å². The highest BCUT2D eigenvalue weighted by atomic mass is 35.5. The second-order valence-corrected chi connectivity index (χ2v) is 7.53. The average molecular weight is 447 g/mol. The monoisotopic (exact) mass is 446 g/mol. The third kappa shape index (κ3) is 4.25. The van der Waals surface area contributed by atoms with Crippen molar-refractivity contribution in [3.8, 4) is 5.75 Å². The topological polar surface area (TPSA) is 109 Å². The molecule has 2 aromatic carbocycles. The number of aromatic hydroxyl groups is 1. The number of rotatable bonds is 6. The minimum Gasteiger partial charge on any atom is -0.505 e. The smallest absolute Gasteiger partial charge is 0.305 e. The van der Waals surface area contributed by atoms with Gasteiger partial charge in [-0.2, -0.15) is 0 Å². The van der Waals surface area contributed by atoms with Gasteiger partial charge in [0.15, 0.2) is 11.6 Å². The minimum atomic E-state index is -1.06. The van der Waals surface area contributed by atoms with Crippen LogP contribution in [0.2, 0.25) is 5.02 Å². The number of nitrogens with one attached hydrogen (secondary N) is 1. The number of fused-ring (bicyclic) bond motifs is 1. The number of phenolic OH excluding ortho intramolecular Hbond substituents is 1. The first-order chi connectivity index (χ1) is 14.6. The minimum absolute atomic E-state index is 0.0410. The fraction of sp³-hybridized carbons (Fsp3) is 0.227. The lowest BCUT2D eigenvalue weighted by Crippen LogP contribution is -2.30. The van der Waals surface area contributed by atoms with Gasteiger partial charge in [-0.15, -0.1) is 0 Å². The molecule has 31 heavy (non-hydrogen) atoms. The standard InChI is InChI=1S/C22H20ClFN2O5/c1-11(21(30)25-10-9-17(28)29)18-12(2)26(15-7-8-16(27)20(24)19(15)18)22(31)13-3-5-14(23)6-4-13/h3-8,11,27H,9-10H2,1-2H3,(H,25,30)(H,28,29). The van der Waals surface area contributed by atoms with Gasteiger partial charge >= 0.3 is 5.97 Å². The van der Waals surface area contributed by atoms with Crippen molar-refractivity contribution in [1.82, 2.24) is 9.88 Å². The van der Waals surface area contributed by atoms with E-state index >= 15 is 0 Å². The van der Waals surface area contributed by atoms with Crippen LogP contribution in [0.4, 0.5) is 4.39 Å². The number of phenols is 1. The van der Waals surface area contributed by atoms with Crippen LogP contribution >= 0.6 is 11.6 Å². The van der Waals surface area contributed by atoms with E-state index in [-0.39, 0.29) is 29.4 Å². The Balaban J connectivity index is 2.13. The Morgan fingerprint density at radius 3 is 2.42 bits per heavy atom. The molecule has 3 N–H and O–H groups in total. The number of benzene rings is 2. The first kappa shape index (κ1) is 22.3. The van der Waals surface area contributed by atoms with Crippen LogP contribution in [-0.4, -0.2) is 39.1 Å². The maximum atomic E-state index is 15.0. The largest absolute Gasteiger partial charge is 0.505 e. The molecule has 0 radical (unpaired) electrons. The maximum Gasteiger partial charge on any atom is 0.305 e.